The molecule has 0 radical (unpaired) electrons. The molecular weight excluding hydrogens is 312 g/mol. The Morgan fingerprint density at radius 3 is 2.95 bits per heavy atom. The Labute approximate surface area is 127 Å². The van der Waals surface area contributed by atoms with E-state index >= 15 is 0 Å². The Balaban J connectivity index is 2.28. The van der Waals surface area contributed by atoms with Crippen LogP contribution in [0.25, 0.3) is 10.2 Å². The number of rotatable bonds is 3. The lowest BCUT2D eigenvalue weighted by Gasteiger charge is -2.04. The summed E-state index contributed by atoms with van der Waals surface area (Å²) < 4.78 is 6.82. The lowest BCUT2D eigenvalue weighted by atomic mass is 10.2. The summed E-state index contributed by atoms with van der Waals surface area (Å²) >= 11 is 6.20. The number of fused-ring (bicyclic) bond motifs is 1. The molecule has 0 atom stereocenters. The van der Waals surface area contributed by atoms with Gasteiger partial charge in [-0.2, -0.15) is 0 Å². The first-order valence-corrected chi connectivity index (χ1v) is 7.23. The number of aromatic amines is 1. The van der Waals surface area contributed by atoms with Crippen LogP contribution in [0, 0.1) is 11.7 Å². The predicted octanol–water partition coefficient (Wildman–Crippen LogP) is 2.77. The van der Waals surface area contributed by atoms with Crippen LogP contribution >= 0.6 is 23.6 Å². The Kier molecular flexibility index (Phi) is 3.26. The molecule has 0 amide bonds. The molecule has 6 nitrogen and oxygen atoms in total. The topological polar surface area (TPSA) is 88.2 Å². The lowest BCUT2D eigenvalue weighted by molar-refractivity contribution is 0.0701. The van der Waals surface area contributed by atoms with Crippen LogP contribution in [-0.4, -0.2) is 20.6 Å². The number of hydrogen-bond donors (Lipinski definition) is 2. The number of aromatic carboxylic acids is 1. The van der Waals surface area contributed by atoms with Gasteiger partial charge in [0.15, 0.2) is 4.77 Å². The maximum absolute atomic E-state index is 12.6. The molecule has 2 N–H and O–H groups in total. The molecule has 3 rings (SSSR count). The van der Waals surface area contributed by atoms with E-state index in [1.165, 1.54) is 10.8 Å². The van der Waals surface area contributed by atoms with Crippen LogP contribution in [0.3, 0.4) is 0 Å². The fraction of sp³-hybridized carbons (Fsp3) is 0.154. The first-order valence-electron chi connectivity index (χ1n) is 6.01. The molecule has 0 aliphatic heterocycles. The SMILES string of the molecule is Cc1c(C(=O)O)sc2[nH]c(=S)n(Cc3ccco3)c(=O)c12. The van der Waals surface area contributed by atoms with Gasteiger partial charge in [-0.15, -0.1) is 11.3 Å². The zero-order valence-corrected chi connectivity index (χ0v) is 12.5. The maximum Gasteiger partial charge on any atom is 0.346 e. The van der Waals surface area contributed by atoms with Crippen molar-refractivity contribution < 1.29 is 14.3 Å². The highest BCUT2D eigenvalue weighted by Crippen LogP contribution is 2.26. The van der Waals surface area contributed by atoms with Gasteiger partial charge in [0.05, 0.1) is 18.2 Å². The number of aromatic nitrogens is 2. The fourth-order valence-electron chi connectivity index (χ4n) is 2.16. The molecule has 0 spiro atoms. The molecule has 0 saturated heterocycles. The lowest BCUT2D eigenvalue weighted by Crippen LogP contribution is -2.22. The average Bonchev–Trinajstić information content (AvgIpc) is 3.02. The zero-order valence-electron chi connectivity index (χ0n) is 10.9. The molecule has 3 heterocycles. The quantitative estimate of drug-likeness (QED) is 0.724. The number of carbonyl (C=O) groups is 1. The number of nitrogens with one attached hydrogen (secondary N) is 1. The Morgan fingerprint density at radius 1 is 1.57 bits per heavy atom. The minimum atomic E-state index is -1.05. The molecule has 8 heteroatoms. The smallest absolute Gasteiger partial charge is 0.346 e. The van der Waals surface area contributed by atoms with Crippen LogP contribution in [0.15, 0.2) is 27.6 Å². The van der Waals surface area contributed by atoms with Crippen molar-refractivity contribution in [2.24, 2.45) is 0 Å². The molecule has 21 heavy (non-hydrogen) atoms. The summed E-state index contributed by atoms with van der Waals surface area (Å²) in [5.74, 6) is -0.452. The largest absolute Gasteiger partial charge is 0.477 e. The number of furan rings is 1. The van der Waals surface area contributed by atoms with Gasteiger partial charge in [-0.1, -0.05) is 0 Å². The summed E-state index contributed by atoms with van der Waals surface area (Å²) in [7, 11) is 0. The van der Waals surface area contributed by atoms with Crippen molar-refractivity contribution in [1.82, 2.24) is 9.55 Å². The highest BCUT2D eigenvalue weighted by molar-refractivity contribution is 7.71. The second kappa shape index (κ2) is 4.97. The summed E-state index contributed by atoms with van der Waals surface area (Å²) in [6, 6.07) is 3.47. The van der Waals surface area contributed by atoms with Crippen LogP contribution in [0.1, 0.15) is 21.0 Å². The van der Waals surface area contributed by atoms with E-state index in [-0.39, 0.29) is 21.8 Å². The summed E-state index contributed by atoms with van der Waals surface area (Å²) in [6.45, 7) is 1.83. The van der Waals surface area contributed by atoms with Crippen LogP contribution in [0.5, 0.6) is 0 Å². The molecule has 0 aliphatic rings. The van der Waals surface area contributed by atoms with Crippen LogP contribution in [-0.2, 0) is 6.54 Å². The van der Waals surface area contributed by atoms with E-state index in [4.69, 9.17) is 21.7 Å². The van der Waals surface area contributed by atoms with Crippen LogP contribution in [0.2, 0.25) is 0 Å². The number of aryl methyl sites for hydroxylation is 1. The Hall–Kier alpha value is -2.19. The van der Waals surface area contributed by atoms with E-state index in [0.29, 0.717) is 21.5 Å². The predicted molar refractivity (Wildman–Crippen MR) is 80.8 cm³/mol. The van der Waals surface area contributed by atoms with Gasteiger partial charge < -0.3 is 14.5 Å². The molecule has 0 unspecified atom stereocenters. The number of thiophene rings is 1. The third-order valence-corrected chi connectivity index (χ3v) is 4.68. The van der Waals surface area contributed by atoms with Crippen molar-refractivity contribution in [1.29, 1.82) is 0 Å². The van der Waals surface area contributed by atoms with E-state index in [2.05, 4.69) is 4.98 Å². The minimum Gasteiger partial charge on any atom is -0.477 e. The average molecular weight is 322 g/mol. The van der Waals surface area contributed by atoms with Crippen LogP contribution < -0.4 is 5.56 Å². The van der Waals surface area contributed by atoms with E-state index in [9.17, 15) is 9.59 Å². The fourth-order valence-corrected chi connectivity index (χ4v) is 3.51. The third-order valence-electron chi connectivity index (χ3n) is 3.16. The van der Waals surface area contributed by atoms with Gasteiger partial charge in [-0.05, 0) is 36.8 Å². The number of H-pyrrole nitrogens is 1. The molecule has 3 aromatic heterocycles. The molecule has 3 aromatic rings. The number of nitrogens with zero attached hydrogens (tertiary/aromatic N) is 1. The van der Waals surface area contributed by atoms with E-state index in [1.807, 2.05) is 0 Å². The monoisotopic (exact) mass is 322 g/mol. The van der Waals surface area contributed by atoms with Gasteiger partial charge in [-0.25, -0.2) is 4.79 Å². The minimum absolute atomic E-state index is 0.142. The molecular formula is C13H10N2O4S2. The maximum atomic E-state index is 12.6. The first kappa shape index (κ1) is 13.8. The molecule has 0 saturated carbocycles. The molecule has 0 aromatic carbocycles. The van der Waals surface area contributed by atoms with Gasteiger partial charge in [-0.3, -0.25) is 9.36 Å². The van der Waals surface area contributed by atoms with Gasteiger partial charge in [0.25, 0.3) is 5.56 Å². The van der Waals surface area contributed by atoms with Gasteiger partial charge in [0.1, 0.15) is 15.5 Å². The molecule has 0 bridgehead atoms. The normalized spacial score (nSPS) is 11.1. The second-order valence-electron chi connectivity index (χ2n) is 4.47. The van der Waals surface area contributed by atoms with Crippen molar-refractivity contribution in [3.63, 3.8) is 0 Å². The van der Waals surface area contributed by atoms with Gasteiger partial charge >= 0.3 is 5.97 Å². The van der Waals surface area contributed by atoms with Crippen molar-refractivity contribution in [2.45, 2.75) is 13.5 Å². The summed E-state index contributed by atoms with van der Waals surface area (Å²) in [4.78, 5) is 27.3. The summed E-state index contributed by atoms with van der Waals surface area (Å²) in [5.41, 5.74) is 0.137. The van der Waals surface area contributed by atoms with E-state index in [0.717, 1.165) is 11.3 Å². The standard InChI is InChI=1S/C13H10N2O4S2/c1-6-8-10(21-9(6)12(17)18)14-13(20)15(11(8)16)5-7-3-2-4-19-7/h2-4H,5H2,1H3,(H,14,20)(H,17,18). The molecule has 0 aliphatic carbocycles. The highest BCUT2D eigenvalue weighted by Gasteiger charge is 2.19. The van der Waals surface area contributed by atoms with Crippen molar-refractivity contribution in [3.8, 4) is 0 Å². The number of carboxylic acids is 1. The number of hydrogen-bond acceptors (Lipinski definition) is 5. The summed E-state index contributed by atoms with van der Waals surface area (Å²) in [6.07, 6.45) is 1.52. The van der Waals surface area contributed by atoms with E-state index < -0.39 is 5.97 Å². The van der Waals surface area contributed by atoms with Gasteiger partial charge in [0, 0.05) is 0 Å². The second-order valence-corrected chi connectivity index (χ2v) is 5.87. The van der Waals surface area contributed by atoms with Crippen molar-refractivity contribution >= 4 is 39.7 Å². The van der Waals surface area contributed by atoms with E-state index in [1.54, 1.807) is 19.1 Å². The first-order chi connectivity index (χ1) is 9.99. The zero-order chi connectivity index (χ0) is 15.1. The molecule has 108 valence electrons. The molecule has 0 fully saturated rings. The number of carboxylic acid groups (broad SMARTS) is 1. The van der Waals surface area contributed by atoms with Crippen molar-refractivity contribution in [2.75, 3.05) is 0 Å². The van der Waals surface area contributed by atoms with Crippen LogP contribution in [0.4, 0.5) is 0 Å². The Morgan fingerprint density at radius 2 is 2.33 bits per heavy atom. The third kappa shape index (κ3) is 2.22. The Bertz CT molecular complexity index is 947. The van der Waals surface area contributed by atoms with Crippen molar-refractivity contribution in [3.05, 3.63) is 49.7 Å². The summed E-state index contributed by atoms with van der Waals surface area (Å²) in [5, 5.41) is 9.51. The highest BCUT2D eigenvalue weighted by atomic mass is 32.1. The van der Waals surface area contributed by atoms with Gasteiger partial charge in [0.2, 0.25) is 0 Å².